The van der Waals surface area contributed by atoms with Gasteiger partial charge in [-0.15, -0.1) is 11.3 Å². The summed E-state index contributed by atoms with van der Waals surface area (Å²) in [5.41, 5.74) is 0.925. The zero-order chi connectivity index (χ0) is 12.7. The van der Waals surface area contributed by atoms with Crippen LogP contribution in [-0.2, 0) is 16.6 Å². The van der Waals surface area contributed by atoms with Gasteiger partial charge in [0.15, 0.2) is 0 Å². The number of sulfonamides is 1. The van der Waals surface area contributed by atoms with E-state index in [2.05, 4.69) is 15.0 Å². The van der Waals surface area contributed by atoms with E-state index in [0.717, 1.165) is 23.7 Å². The fourth-order valence-corrected chi connectivity index (χ4v) is 2.95. The lowest BCUT2D eigenvalue weighted by atomic mass is 10.5. The van der Waals surface area contributed by atoms with Crippen LogP contribution in [-0.4, -0.2) is 32.2 Å². The van der Waals surface area contributed by atoms with Crippen LogP contribution in [0.1, 0.15) is 24.0 Å². The van der Waals surface area contributed by atoms with Crippen molar-refractivity contribution in [1.29, 1.82) is 0 Å². The van der Waals surface area contributed by atoms with E-state index in [-0.39, 0.29) is 12.3 Å². The summed E-state index contributed by atoms with van der Waals surface area (Å²) in [6, 6.07) is 0. The first-order valence-corrected chi connectivity index (χ1v) is 8.16. The van der Waals surface area contributed by atoms with Gasteiger partial charge in [0.25, 0.3) is 0 Å². The lowest BCUT2D eigenvalue weighted by Gasteiger charge is -2.05. The quantitative estimate of drug-likeness (QED) is 0.692. The molecule has 0 radical (unpaired) electrons. The van der Waals surface area contributed by atoms with Gasteiger partial charge in [-0.3, -0.25) is 0 Å². The van der Waals surface area contributed by atoms with Crippen LogP contribution < -0.4 is 10.0 Å². The summed E-state index contributed by atoms with van der Waals surface area (Å²) in [4.78, 5) is 4.20. The Morgan fingerprint density at radius 3 is 2.76 bits per heavy atom. The third-order valence-corrected chi connectivity index (χ3v) is 4.38. The number of aryl methyl sites for hydroxylation is 1. The molecule has 1 aromatic rings. The Hall–Kier alpha value is -0.500. The maximum Gasteiger partial charge on any atom is 0.213 e. The average Bonchev–Trinajstić information content (AvgIpc) is 2.68. The van der Waals surface area contributed by atoms with Gasteiger partial charge >= 0.3 is 0 Å². The molecule has 0 unspecified atom stereocenters. The second-order valence-corrected chi connectivity index (χ2v) is 6.64. The number of hydrogen-bond acceptors (Lipinski definition) is 5. The molecule has 0 spiro atoms. The van der Waals surface area contributed by atoms with Gasteiger partial charge in [-0.05, 0) is 19.9 Å². The molecule has 98 valence electrons. The van der Waals surface area contributed by atoms with E-state index in [1.165, 1.54) is 11.3 Å². The minimum absolute atomic E-state index is 0.108. The fourth-order valence-electron chi connectivity index (χ4n) is 1.24. The number of hydrogen-bond donors (Lipinski definition) is 2. The van der Waals surface area contributed by atoms with E-state index >= 15 is 0 Å². The van der Waals surface area contributed by atoms with Crippen molar-refractivity contribution in [3.8, 4) is 0 Å². The van der Waals surface area contributed by atoms with Crippen molar-refractivity contribution < 1.29 is 8.42 Å². The molecule has 1 rings (SSSR count). The van der Waals surface area contributed by atoms with E-state index in [1.807, 2.05) is 19.2 Å². The van der Waals surface area contributed by atoms with E-state index in [4.69, 9.17) is 0 Å². The van der Waals surface area contributed by atoms with Gasteiger partial charge in [0.2, 0.25) is 10.0 Å². The minimum atomic E-state index is -3.20. The lowest BCUT2D eigenvalue weighted by molar-refractivity contribution is 0.575. The molecule has 0 saturated heterocycles. The van der Waals surface area contributed by atoms with Gasteiger partial charge in [-0.1, -0.05) is 6.92 Å². The molecule has 0 fully saturated rings. The van der Waals surface area contributed by atoms with Crippen molar-refractivity contribution in [1.82, 2.24) is 15.0 Å². The topological polar surface area (TPSA) is 71.1 Å². The Kier molecular flexibility index (Phi) is 6.04. The van der Waals surface area contributed by atoms with Crippen LogP contribution in [0, 0.1) is 6.92 Å². The highest BCUT2D eigenvalue weighted by molar-refractivity contribution is 7.89. The summed E-state index contributed by atoms with van der Waals surface area (Å²) < 4.78 is 25.7. The molecule has 0 aliphatic carbocycles. The Morgan fingerprint density at radius 1 is 1.41 bits per heavy atom. The summed E-state index contributed by atoms with van der Waals surface area (Å²) >= 11 is 1.47. The van der Waals surface area contributed by atoms with Gasteiger partial charge in [-0.2, -0.15) is 0 Å². The normalized spacial score (nSPS) is 11.9. The van der Waals surface area contributed by atoms with Crippen molar-refractivity contribution in [2.24, 2.45) is 0 Å². The molecule has 0 bridgehead atoms. The predicted molar refractivity (Wildman–Crippen MR) is 70.6 cm³/mol. The van der Waals surface area contributed by atoms with Crippen LogP contribution in [0.5, 0.6) is 0 Å². The lowest BCUT2D eigenvalue weighted by Crippen LogP contribution is -2.31. The molecule has 0 aliphatic rings. The second kappa shape index (κ2) is 7.05. The van der Waals surface area contributed by atoms with Gasteiger partial charge in [0.1, 0.15) is 5.01 Å². The highest BCUT2D eigenvalue weighted by Crippen LogP contribution is 2.08. The zero-order valence-electron chi connectivity index (χ0n) is 10.2. The van der Waals surface area contributed by atoms with E-state index in [9.17, 15) is 8.42 Å². The SMILES string of the molecule is CCCNCCS(=O)(=O)NCc1nc(C)cs1. The number of nitrogens with one attached hydrogen (secondary N) is 2. The maximum atomic E-state index is 11.6. The molecule has 1 aromatic heterocycles. The molecular weight excluding hydrogens is 258 g/mol. The highest BCUT2D eigenvalue weighted by atomic mass is 32.2. The first kappa shape index (κ1) is 14.6. The van der Waals surface area contributed by atoms with Crippen LogP contribution in [0.4, 0.5) is 0 Å². The van der Waals surface area contributed by atoms with Crippen molar-refractivity contribution >= 4 is 21.4 Å². The molecule has 5 nitrogen and oxygen atoms in total. The molecule has 0 aliphatic heterocycles. The van der Waals surface area contributed by atoms with Gasteiger partial charge in [-0.25, -0.2) is 18.1 Å². The van der Waals surface area contributed by atoms with E-state index in [0.29, 0.717) is 6.54 Å². The predicted octanol–water partition coefficient (Wildman–Crippen LogP) is 0.871. The number of thiazole rings is 1. The Bertz CT molecular complexity index is 429. The summed E-state index contributed by atoms with van der Waals surface area (Å²) in [6.45, 7) is 5.56. The largest absolute Gasteiger partial charge is 0.316 e. The maximum absolute atomic E-state index is 11.6. The van der Waals surface area contributed by atoms with Gasteiger partial charge < -0.3 is 5.32 Å². The number of nitrogens with zero attached hydrogens (tertiary/aromatic N) is 1. The smallest absolute Gasteiger partial charge is 0.213 e. The van der Waals surface area contributed by atoms with Crippen molar-refractivity contribution in [2.45, 2.75) is 26.8 Å². The Morgan fingerprint density at radius 2 is 2.18 bits per heavy atom. The van der Waals surface area contributed by atoms with E-state index < -0.39 is 10.0 Å². The molecule has 0 saturated carbocycles. The number of rotatable bonds is 8. The monoisotopic (exact) mass is 277 g/mol. The Labute approximate surface area is 107 Å². The summed E-state index contributed by atoms with van der Waals surface area (Å²) in [5.74, 6) is 0.108. The molecule has 7 heteroatoms. The zero-order valence-corrected chi connectivity index (χ0v) is 11.8. The fraction of sp³-hybridized carbons (Fsp3) is 0.700. The van der Waals surface area contributed by atoms with Crippen LogP contribution in [0.3, 0.4) is 0 Å². The molecule has 0 aromatic carbocycles. The highest BCUT2D eigenvalue weighted by Gasteiger charge is 2.10. The van der Waals surface area contributed by atoms with Crippen LogP contribution >= 0.6 is 11.3 Å². The first-order chi connectivity index (χ1) is 8.03. The molecule has 17 heavy (non-hydrogen) atoms. The van der Waals surface area contributed by atoms with Crippen molar-refractivity contribution in [3.63, 3.8) is 0 Å². The summed E-state index contributed by atoms with van der Waals surface area (Å²) in [7, 11) is -3.20. The average molecular weight is 277 g/mol. The van der Waals surface area contributed by atoms with Crippen molar-refractivity contribution in [3.05, 3.63) is 16.1 Å². The molecule has 0 amide bonds. The van der Waals surface area contributed by atoms with Crippen LogP contribution in [0.25, 0.3) is 0 Å². The van der Waals surface area contributed by atoms with Gasteiger partial charge in [0, 0.05) is 17.6 Å². The van der Waals surface area contributed by atoms with Crippen LogP contribution in [0.15, 0.2) is 5.38 Å². The third kappa shape index (κ3) is 6.11. The third-order valence-electron chi connectivity index (χ3n) is 2.08. The first-order valence-electron chi connectivity index (χ1n) is 5.62. The second-order valence-electron chi connectivity index (χ2n) is 3.77. The molecular formula is C10H19N3O2S2. The molecule has 0 atom stereocenters. The van der Waals surface area contributed by atoms with Crippen LogP contribution in [0.2, 0.25) is 0 Å². The molecule has 1 heterocycles. The summed E-state index contributed by atoms with van der Waals surface area (Å²) in [6.07, 6.45) is 1.01. The number of aromatic nitrogens is 1. The van der Waals surface area contributed by atoms with E-state index in [1.54, 1.807) is 0 Å². The molecule has 2 N–H and O–H groups in total. The minimum Gasteiger partial charge on any atom is -0.316 e. The Balaban J connectivity index is 2.29. The standard InChI is InChI=1S/C10H19N3O2S2/c1-3-4-11-5-6-17(14,15)12-7-10-13-9(2)8-16-10/h8,11-12H,3-7H2,1-2H3. The summed E-state index contributed by atoms with van der Waals surface area (Å²) in [5, 5.41) is 5.77. The van der Waals surface area contributed by atoms with Crippen molar-refractivity contribution in [2.75, 3.05) is 18.8 Å². The van der Waals surface area contributed by atoms with Gasteiger partial charge in [0.05, 0.1) is 12.3 Å².